The van der Waals surface area contributed by atoms with E-state index in [4.69, 9.17) is 4.74 Å². The van der Waals surface area contributed by atoms with Crippen molar-refractivity contribution >= 4 is 17.5 Å². The van der Waals surface area contributed by atoms with Crippen LogP contribution in [0.25, 0.3) is 0 Å². The van der Waals surface area contributed by atoms with Crippen molar-refractivity contribution in [2.24, 2.45) is 0 Å². The summed E-state index contributed by atoms with van der Waals surface area (Å²) >= 11 is 0. The number of ether oxygens (including phenoxy) is 1. The van der Waals surface area contributed by atoms with Gasteiger partial charge < -0.3 is 15.4 Å². The van der Waals surface area contributed by atoms with Crippen molar-refractivity contribution in [2.45, 2.75) is 32.9 Å². The van der Waals surface area contributed by atoms with Crippen LogP contribution in [0.3, 0.4) is 0 Å². The number of H-pyrrole nitrogens is 1. The third-order valence-corrected chi connectivity index (χ3v) is 3.74. The highest BCUT2D eigenvalue weighted by Crippen LogP contribution is 2.24. The molecule has 0 spiro atoms. The lowest BCUT2D eigenvalue weighted by Gasteiger charge is -2.16. The first-order chi connectivity index (χ1) is 13.4. The molecule has 0 aliphatic carbocycles. The largest absolute Gasteiger partial charge is 0.474 e. The lowest BCUT2D eigenvalue weighted by molar-refractivity contribution is 0.232. The number of rotatable bonds is 7. The molecule has 1 atom stereocenters. The van der Waals surface area contributed by atoms with Gasteiger partial charge in [-0.1, -0.05) is 0 Å². The molecule has 28 heavy (non-hydrogen) atoms. The number of nitriles is 1. The molecule has 0 saturated carbocycles. The molecular formula is C19H20FN7O. The van der Waals surface area contributed by atoms with E-state index >= 15 is 0 Å². The Bertz CT molecular complexity index is 979. The lowest BCUT2D eigenvalue weighted by Crippen LogP contribution is -2.11. The fourth-order valence-electron chi connectivity index (χ4n) is 2.46. The average Bonchev–Trinajstić information content (AvgIpc) is 3.08. The molecule has 3 aromatic heterocycles. The van der Waals surface area contributed by atoms with Crippen molar-refractivity contribution in [2.75, 3.05) is 10.6 Å². The fourth-order valence-corrected chi connectivity index (χ4v) is 2.46. The molecule has 9 heteroatoms. The lowest BCUT2D eigenvalue weighted by atomic mass is 10.2. The minimum Gasteiger partial charge on any atom is -0.474 e. The number of nitrogens with zero attached hydrogens (tertiary/aromatic N) is 4. The summed E-state index contributed by atoms with van der Waals surface area (Å²) in [7, 11) is 0. The summed E-state index contributed by atoms with van der Waals surface area (Å²) in [5.41, 5.74) is 1.02. The standard InChI is InChI=1S/C19H20FN7O/c1-11(2)28-18-8-17(26-27-18)24-16-7-4-13(9-21)19(25-16)23-12(3)15-6-5-14(20)10-22-15/h4-8,10-12H,1-3H3,(H3,23,24,25,26,27). The minimum atomic E-state index is -0.404. The maximum Gasteiger partial charge on any atom is 0.234 e. The Morgan fingerprint density at radius 3 is 2.71 bits per heavy atom. The molecule has 144 valence electrons. The van der Waals surface area contributed by atoms with Crippen LogP contribution in [0.4, 0.5) is 21.8 Å². The molecule has 0 saturated heterocycles. The van der Waals surface area contributed by atoms with E-state index in [0.29, 0.717) is 34.6 Å². The van der Waals surface area contributed by atoms with Gasteiger partial charge in [-0.05, 0) is 45.0 Å². The molecule has 3 heterocycles. The highest BCUT2D eigenvalue weighted by atomic mass is 19.1. The van der Waals surface area contributed by atoms with Crippen molar-refractivity contribution < 1.29 is 9.13 Å². The number of pyridine rings is 2. The summed E-state index contributed by atoms with van der Waals surface area (Å²) in [5, 5.41) is 22.5. The zero-order valence-corrected chi connectivity index (χ0v) is 15.7. The van der Waals surface area contributed by atoms with E-state index in [1.807, 2.05) is 20.8 Å². The Morgan fingerprint density at radius 1 is 1.21 bits per heavy atom. The summed E-state index contributed by atoms with van der Waals surface area (Å²) in [6, 6.07) is 9.83. The molecule has 3 N–H and O–H groups in total. The molecule has 0 aliphatic heterocycles. The molecule has 3 aromatic rings. The summed E-state index contributed by atoms with van der Waals surface area (Å²) in [5.74, 6) is 1.58. The molecule has 0 aliphatic rings. The smallest absolute Gasteiger partial charge is 0.234 e. The SMILES string of the molecule is CC(C)Oc1cc(Nc2ccc(C#N)c(NC(C)c3ccc(F)cn3)n2)[nH]n1. The average molecular weight is 381 g/mol. The van der Waals surface area contributed by atoms with Crippen LogP contribution in [0.1, 0.15) is 38.1 Å². The summed E-state index contributed by atoms with van der Waals surface area (Å²) in [6.45, 7) is 5.69. The maximum absolute atomic E-state index is 13.1. The first-order valence-corrected chi connectivity index (χ1v) is 8.73. The number of anilines is 3. The van der Waals surface area contributed by atoms with Gasteiger partial charge in [0.05, 0.1) is 29.6 Å². The van der Waals surface area contributed by atoms with E-state index in [9.17, 15) is 9.65 Å². The Hall–Kier alpha value is -3.67. The van der Waals surface area contributed by atoms with E-state index in [1.165, 1.54) is 6.07 Å². The molecule has 0 aromatic carbocycles. The molecular weight excluding hydrogens is 361 g/mol. The topological polar surface area (TPSA) is 112 Å². The fraction of sp³-hybridized carbons (Fsp3) is 0.263. The van der Waals surface area contributed by atoms with Crippen LogP contribution in [0.15, 0.2) is 36.5 Å². The predicted octanol–water partition coefficient (Wildman–Crippen LogP) is 3.91. The van der Waals surface area contributed by atoms with Crippen LogP contribution in [0.5, 0.6) is 5.88 Å². The maximum atomic E-state index is 13.1. The van der Waals surface area contributed by atoms with Crippen molar-refractivity contribution in [1.29, 1.82) is 5.26 Å². The second-order valence-corrected chi connectivity index (χ2v) is 6.38. The Labute approximate surface area is 161 Å². The monoisotopic (exact) mass is 381 g/mol. The van der Waals surface area contributed by atoms with Crippen molar-refractivity contribution in [3.8, 4) is 11.9 Å². The van der Waals surface area contributed by atoms with Gasteiger partial charge in [0.2, 0.25) is 5.88 Å². The first-order valence-electron chi connectivity index (χ1n) is 8.73. The van der Waals surface area contributed by atoms with E-state index in [1.54, 1.807) is 24.3 Å². The molecule has 0 bridgehead atoms. The molecule has 0 amide bonds. The zero-order valence-electron chi connectivity index (χ0n) is 15.7. The third-order valence-electron chi connectivity index (χ3n) is 3.74. The van der Waals surface area contributed by atoms with Gasteiger partial charge in [-0.25, -0.2) is 9.37 Å². The van der Waals surface area contributed by atoms with Crippen LogP contribution in [0, 0.1) is 17.1 Å². The highest BCUT2D eigenvalue weighted by molar-refractivity contribution is 5.61. The summed E-state index contributed by atoms with van der Waals surface area (Å²) < 4.78 is 18.6. The molecule has 0 fully saturated rings. The third kappa shape index (κ3) is 4.73. The minimum absolute atomic E-state index is 0.0153. The first kappa shape index (κ1) is 19.1. The van der Waals surface area contributed by atoms with Gasteiger partial charge in [-0.15, -0.1) is 5.10 Å². The Kier molecular flexibility index (Phi) is 5.69. The van der Waals surface area contributed by atoms with Crippen LogP contribution in [-0.4, -0.2) is 26.3 Å². The second kappa shape index (κ2) is 8.35. The van der Waals surface area contributed by atoms with Gasteiger partial charge in [-0.3, -0.25) is 10.1 Å². The van der Waals surface area contributed by atoms with Gasteiger partial charge in [-0.2, -0.15) is 5.26 Å². The number of aromatic amines is 1. The Morgan fingerprint density at radius 2 is 2.04 bits per heavy atom. The number of aromatic nitrogens is 4. The van der Waals surface area contributed by atoms with Gasteiger partial charge in [0.25, 0.3) is 0 Å². The summed E-state index contributed by atoms with van der Waals surface area (Å²) in [4.78, 5) is 8.51. The van der Waals surface area contributed by atoms with Crippen molar-refractivity contribution in [3.63, 3.8) is 0 Å². The molecule has 8 nitrogen and oxygen atoms in total. The summed E-state index contributed by atoms with van der Waals surface area (Å²) in [6.07, 6.45) is 1.17. The molecule has 0 radical (unpaired) electrons. The predicted molar refractivity (Wildman–Crippen MR) is 103 cm³/mol. The zero-order chi connectivity index (χ0) is 20.1. The molecule has 3 rings (SSSR count). The van der Waals surface area contributed by atoms with Crippen LogP contribution >= 0.6 is 0 Å². The van der Waals surface area contributed by atoms with Crippen LogP contribution in [-0.2, 0) is 0 Å². The van der Waals surface area contributed by atoms with E-state index in [-0.39, 0.29) is 12.1 Å². The van der Waals surface area contributed by atoms with Crippen LogP contribution in [0.2, 0.25) is 0 Å². The van der Waals surface area contributed by atoms with Gasteiger partial charge >= 0.3 is 0 Å². The molecule has 1 unspecified atom stereocenters. The van der Waals surface area contributed by atoms with Crippen LogP contribution < -0.4 is 15.4 Å². The van der Waals surface area contributed by atoms with E-state index in [0.717, 1.165) is 6.20 Å². The van der Waals surface area contributed by atoms with Gasteiger partial charge in [0.1, 0.15) is 29.3 Å². The quantitative estimate of drug-likeness (QED) is 0.569. The van der Waals surface area contributed by atoms with Gasteiger partial charge in [0.15, 0.2) is 0 Å². The Balaban J connectivity index is 1.77. The number of hydrogen-bond acceptors (Lipinski definition) is 7. The normalized spacial score (nSPS) is 11.7. The highest BCUT2D eigenvalue weighted by Gasteiger charge is 2.13. The van der Waals surface area contributed by atoms with Crippen molar-refractivity contribution in [3.05, 3.63) is 53.6 Å². The van der Waals surface area contributed by atoms with Gasteiger partial charge in [0, 0.05) is 6.07 Å². The number of nitrogens with one attached hydrogen (secondary N) is 3. The second-order valence-electron chi connectivity index (χ2n) is 6.38. The van der Waals surface area contributed by atoms with Crippen molar-refractivity contribution in [1.82, 2.24) is 20.2 Å². The van der Waals surface area contributed by atoms with E-state index in [2.05, 4.69) is 36.9 Å². The van der Waals surface area contributed by atoms with E-state index < -0.39 is 5.82 Å². The number of hydrogen-bond donors (Lipinski definition) is 3. The number of halogens is 1.